The molecular formula is C19H22FN3O2S. The van der Waals surface area contributed by atoms with Gasteiger partial charge in [-0.2, -0.15) is 0 Å². The standard InChI is InChI=1S/C17H16FN3O2S.C2H6/c1-9-4-5-13(12(18)7-9)20-17-14(15(22)21-23-3)11-6-10(2)8-19-16(11)24-17;1-2/h4-8,20H,1-3H3,(H,21,22);1-2H3. The first kappa shape index (κ1) is 19.8. The number of hydroxylamine groups is 1. The molecule has 1 aromatic carbocycles. The molecule has 5 nitrogen and oxygen atoms in total. The summed E-state index contributed by atoms with van der Waals surface area (Å²) in [6, 6.07) is 6.76. The number of anilines is 2. The summed E-state index contributed by atoms with van der Waals surface area (Å²) in [7, 11) is 1.36. The van der Waals surface area contributed by atoms with Gasteiger partial charge < -0.3 is 5.32 Å². The number of aryl methyl sites for hydroxylation is 2. The normalized spacial score (nSPS) is 10.2. The largest absolute Gasteiger partial charge is 0.344 e. The van der Waals surface area contributed by atoms with E-state index in [1.165, 1.54) is 24.5 Å². The van der Waals surface area contributed by atoms with Gasteiger partial charge in [0.05, 0.1) is 18.4 Å². The van der Waals surface area contributed by atoms with Crippen molar-refractivity contribution < 1.29 is 14.0 Å². The van der Waals surface area contributed by atoms with Crippen LogP contribution in [0.3, 0.4) is 0 Å². The van der Waals surface area contributed by atoms with Crippen LogP contribution in [0.4, 0.5) is 15.1 Å². The van der Waals surface area contributed by atoms with Gasteiger partial charge in [-0.3, -0.25) is 9.63 Å². The van der Waals surface area contributed by atoms with Crippen LogP contribution in [0.5, 0.6) is 0 Å². The molecule has 0 aliphatic heterocycles. The van der Waals surface area contributed by atoms with E-state index in [-0.39, 0.29) is 5.82 Å². The molecule has 7 heteroatoms. The summed E-state index contributed by atoms with van der Waals surface area (Å²) in [5.74, 6) is -0.791. The average Bonchev–Trinajstić information content (AvgIpc) is 2.96. The molecule has 0 atom stereocenters. The van der Waals surface area contributed by atoms with Gasteiger partial charge in [0.15, 0.2) is 0 Å². The summed E-state index contributed by atoms with van der Waals surface area (Å²) >= 11 is 1.29. The zero-order valence-corrected chi connectivity index (χ0v) is 16.3. The number of hydrogen-bond donors (Lipinski definition) is 2. The van der Waals surface area contributed by atoms with Crippen molar-refractivity contribution in [2.75, 3.05) is 12.4 Å². The number of halogens is 1. The van der Waals surface area contributed by atoms with Gasteiger partial charge in [0.1, 0.15) is 15.6 Å². The molecule has 3 aromatic rings. The predicted octanol–water partition coefficient (Wildman–Crippen LogP) is 5.11. The van der Waals surface area contributed by atoms with Crippen molar-refractivity contribution in [1.82, 2.24) is 10.5 Å². The summed E-state index contributed by atoms with van der Waals surface area (Å²) in [4.78, 5) is 22.2. The highest BCUT2D eigenvalue weighted by Gasteiger charge is 2.21. The molecule has 0 aliphatic rings. The summed E-state index contributed by atoms with van der Waals surface area (Å²) < 4.78 is 14.1. The number of nitrogens with zero attached hydrogens (tertiary/aromatic N) is 1. The second-order valence-electron chi connectivity index (χ2n) is 5.42. The van der Waals surface area contributed by atoms with Crippen LogP contribution < -0.4 is 10.8 Å². The number of rotatable bonds is 4. The van der Waals surface area contributed by atoms with E-state index in [1.807, 2.05) is 33.8 Å². The minimum Gasteiger partial charge on any atom is -0.344 e. The fraction of sp³-hybridized carbons (Fsp3) is 0.263. The topological polar surface area (TPSA) is 63.2 Å². The first-order chi connectivity index (χ1) is 12.5. The number of amides is 1. The third-order valence-corrected chi connectivity index (χ3v) is 4.51. The third kappa shape index (κ3) is 4.17. The summed E-state index contributed by atoms with van der Waals surface area (Å²) in [6.45, 7) is 7.71. The molecule has 26 heavy (non-hydrogen) atoms. The third-order valence-electron chi connectivity index (χ3n) is 3.48. The number of carbonyl (C=O) groups is 1. The highest BCUT2D eigenvalue weighted by Crippen LogP contribution is 2.37. The van der Waals surface area contributed by atoms with E-state index in [9.17, 15) is 9.18 Å². The Bertz CT molecular complexity index is 925. The van der Waals surface area contributed by atoms with Crippen molar-refractivity contribution in [1.29, 1.82) is 0 Å². The second-order valence-corrected chi connectivity index (χ2v) is 6.41. The molecule has 0 spiro atoms. The van der Waals surface area contributed by atoms with Crippen LogP contribution in [0.1, 0.15) is 35.3 Å². The number of hydrogen-bond acceptors (Lipinski definition) is 5. The van der Waals surface area contributed by atoms with E-state index in [4.69, 9.17) is 4.84 Å². The molecule has 138 valence electrons. The number of aromatic nitrogens is 1. The highest BCUT2D eigenvalue weighted by molar-refractivity contribution is 7.23. The molecule has 3 rings (SSSR count). The van der Waals surface area contributed by atoms with Crippen LogP contribution in [0.15, 0.2) is 30.5 Å². The molecular weight excluding hydrogens is 353 g/mol. The Kier molecular flexibility index (Phi) is 6.65. The van der Waals surface area contributed by atoms with Crippen LogP contribution in [0.25, 0.3) is 10.2 Å². The average molecular weight is 375 g/mol. The number of thiophene rings is 1. The van der Waals surface area contributed by atoms with Crippen LogP contribution in [-0.2, 0) is 4.84 Å². The monoisotopic (exact) mass is 375 g/mol. The van der Waals surface area contributed by atoms with Crippen LogP contribution >= 0.6 is 11.3 Å². The van der Waals surface area contributed by atoms with E-state index in [0.29, 0.717) is 26.5 Å². The molecule has 1 amide bonds. The van der Waals surface area contributed by atoms with Crippen molar-refractivity contribution in [3.8, 4) is 0 Å². The van der Waals surface area contributed by atoms with Crippen molar-refractivity contribution in [3.05, 3.63) is 53.0 Å². The molecule has 0 aliphatic carbocycles. The molecule has 0 unspecified atom stereocenters. The summed E-state index contributed by atoms with van der Waals surface area (Å²) in [5.41, 5.74) is 4.75. The molecule has 2 heterocycles. The van der Waals surface area contributed by atoms with E-state index < -0.39 is 5.91 Å². The van der Waals surface area contributed by atoms with Crippen molar-refractivity contribution in [2.45, 2.75) is 27.7 Å². The SMILES string of the molecule is CC.CONC(=O)c1c(Nc2ccc(C)cc2F)sc2ncc(C)cc12. The van der Waals surface area contributed by atoms with Gasteiger partial charge in [-0.05, 0) is 43.2 Å². The lowest BCUT2D eigenvalue weighted by Gasteiger charge is -2.09. The second kappa shape index (κ2) is 8.73. The van der Waals surface area contributed by atoms with Crippen molar-refractivity contribution >= 4 is 38.1 Å². The van der Waals surface area contributed by atoms with Crippen molar-refractivity contribution in [2.24, 2.45) is 0 Å². The van der Waals surface area contributed by atoms with Gasteiger partial charge in [0.2, 0.25) is 0 Å². The van der Waals surface area contributed by atoms with Gasteiger partial charge in [0.25, 0.3) is 5.91 Å². The lowest BCUT2D eigenvalue weighted by Crippen LogP contribution is -2.22. The first-order valence-electron chi connectivity index (χ1n) is 8.25. The zero-order chi connectivity index (χ0) is 19.3. The molecule has 0 radical (unpaired) electrons. The number of nitrogens with one attached hydrogen (secondary N) is 2. The maximum Gasteiger partial charge on any atom is 0.278 e. The number of pyridine rings is 1. The fourth-order valence-electron chi connectivity index (χ4n) is 2.39. The maximum absolute atomic E-state index is 14.1. The van der Waals surface area contributed by atoms with Crippen LogP contribution in [0.2, 0.25) is 0 Å². The summed E-state index contributed by atoms with van der Waals surface area (Å²) in [6.07, 6.45) is 1.73. The Morgan fingerprint density at radius 1 is 1.19 bits per heavy atom. The predicted molar refractivity (Wildman–Crippen MR) is 105 cm³/mol. The maximum atomic E-state index is 14.1. The molecule has 0 saturated heterocycles. The van der Waals surface area contributed by atoms with E-state index in [0.717, 1.165) is 11.1 Å². The molecule has 0 fully saturated rings. The number of carbonyl (C=O) groups excluding carboxylic acids is 1. The van der Waals surface area contributed by atoms with Gasteiger partial charge >= 0.3 is 0 Å². The zero-order valence-electron chi connectivity index (χ0n) is 15.4. The Morgan fingerprint density at radius 3 is 2.58 bits per heavy atom. The van der Waals surface area contributed by atoms with Gasteiger partial charge in [-0.1, -0.05) is 31.3 Å². The molecule has 2 aromatic heterocycles. The van der Waals surface area contributed by atoms with Gasteiger partial charge in [-0.15, -0.1) is 0 Å². The van der Waals surface area contributed by atoms with E-state index in [1.54, 1.807) is 18.3 Å². The Hall–Kier alpha value is -2.51. The number of fused-ring (bicyclic) bond motifs is 1. The van der Waals surface area contributed by atoms with Crippen molar-refractivity contribution in [3.63, 3.8) is 0 Å². The first-order valence-corrected chi connectivity index (χ1v) is 9.07. The summed E-state index contributed by atoms with van der Waals surface area (Å²) in [5, 5.41) is 4.22. The molecule has 0 bridgehead atoms. The van der Waals surface area contributed by atoms with E-state index >= 15 is 0 Å². The van der Waals surface area contributed by atoms with E-state index in [2.05, 4.69) is 15.8 Å². The highest BCUT2D eigenvalue weighted by atomic mass is 32.1. The lowest BCUT2D eigenvalue weighted by molar-refractivity contribution is 0.0540. The Balaban J connectivity index is 0.00000117. The van der Waals surface area contributed by atoms with Gasteiger partial charge in [-0.25, -0.2) is 14.9 Å². The fourth-order valence-corrected chi connectivity index (χ4v) is 3.42. The number of benzene rings is 1. The van der Waals surface area contributed by atoms with Gasteiger partial charge in [0, 0.05) is 11.6 Å². The lowest BCUT2D eigenvalue weighted by atomic mass is 10.1. The quantitative estimate of drug-likeness (QED) is 0.622. The minimum atomic E-state index is -0.411. The van der Waals surface area contributed by atoms with Crippen LogP contribution in [0, 0.1) is 19.7 Å². The Labute approximate surface area is 156 Å². The molecule has 0 saturated carbocycles. The smallest absolute Gasteiger partial charge is 0.278 e. The van der Waals surface area contributed by atoms with Crippen LogP contribution in [-0.4, -0.2) is 18.0 Å². The Morgan fingerprint density at radius 2 is 1.92 bits per heavy atom. The molecule has 2 N–H and O–H groups in total. The minimum absolute atomic E-state index is 0.301.